The minimum absolute atomic E-state index is 0.177. The van der Waals surface area contributed by atoms with Gasteiger partial charge in [0.15, 0.2) is 0 Å². The lowest BCUT2D eigenvalue weighted by Crippen LogP contribution is -2.37. The van der Waals surface area contributed by atoms with Crippen molar-refractivity contribution in [1.82, 2.24) is 10.0 Å². The van der Waals surface area contributed by atoms with Crippen molar-refractivity contribution in [1.29, 1.82) is 0 Å². The predicted molar refractivity (Wildman–Crippen MR) is 75.8 cm³/mol. The summed E-state index contributed by atoms with van der Waals surface area (Å²) >= 11 is 0. The number of amides is 1. The van der Waals surface area contributed by atoms with Crippen molar-refractivity contribution < 1.29 is 26.4 Å². The molecule has 1 rings (SSSR count). The van der Waals surface area contributed by atoms with Crippen LogP contribution in [-0.4, -0.2) is 32.7 Å². The zero-order chi connectivity index (χ0) is 17.0. The molecule has 0 aromatic heterocycles. The summed E-state index contributed by atoms with van der Waals surface area (Å²) in [6, 6.07) is 3.65. The van der Waals surface area contributed by atoms with E-state index in [4.69, 9.17) is 0 Å². The van der Waals surface area contributed by atoms with Crippen LogP contribution >= 0.6 is 0 Å². The Morgan fingerprint density at radius 1 is 1.27 bits per heavy atom. The van der Waals surface area contributed by atoms with Crippen LogP contribution in [0.4, 0.5) is 13.2 Å². The molecule has 124 valence electrons. The van der Waals surface area contributed by atoms with Crippen LogP contribution in [0.15, 0.2) is 24.3 Å². The molecule has 2 N–H and O–H groups in total. The van der Waals surface area contributed by atoms with Gasteiger partial charge in [-0.15, -0.1) is 0 Å². The van der Waals surface area contributed by atoms with Gasteiger partial charge < -0.3 is 5.32 Å². The quantitative estimate of drug-likeness (QED) is 0.830. The van der Waals surface area contributed by atoms with Crippen LogP contribution in [0, 0.1) is 0 Å². The predicted octanol–water partition coefficient (Wildman–Crippen LogP) is 1.76. The van der Waals surface area contributed by atoms with Crippen molar-refractivity contribution in [2.75, 3.05) is 12.3 Å². The summed E-state index contributed by atoms with van der Waals surface area (Å²) in [6.45, 7) is 3.11. The molecule has 0 aliphatic rings. The van der Waals surface area contributed by atoms with Crippen molar-refractivity contribution in [2.24, 2.45) is 0 Å². The summed E-state index contributed by atoms with van der Waals surface area (Å²) in [5, 5.41) is 2.28. The minimum Gasteiger partial charge on any atom is -0.351 e. The van der Waals surface area contributed by atoms with Gasteiger partial charge in [-0.25, -0.2) is 13.1 Å². The van der Waals surface area contributed by atoms with Gasteiger partial charge in [0, 0.05) is 18.2 Å². The van der Waals surface area contributed by atoms with E-state index in [1.54, 1.807) is 13.8 Å². The highest BCUT2D eigenvalue weighted by atomic mass is 32.2. The lowest BCUT2D eigenvalue weighted by molar-refractivity contribution is -0.137. The molecule has 1 aromatic carbocycles. The van der Waals surface area contributed by atoms with E-state index < -0.39 is 27.7 Å². The van der Waals surface area contributed by atoms with Crippen LogP contribution in [0.3, 0.4) is 0 Å². The fraction of sp³-hybridized carbons (Fsp3) is 0.462. The Labute approximate surface area is 127 Å². The van der Waals surface area contributed by atoms with Crippen molar-refractivity contribution >= 4 is 15.9 Å². The molecule has 1 amide bonds. The zero-order valence-electron chi connectivity index (χ0n) is 12.1. The van der Waals surface area contributed by atoms with E-state index in [2.05, 4.69) is 10.0 Å². The highest BCUT2D eigenvalue weighted by Crippen LogP contribution is 2.29. The molecule has 0 aliphatic carbocycles. The number of alkyl halides is 3. The number of halogens is 3. The van der Waals surface area contributed by atoms with Gasteiger partial charge in [0.1, 0.15) is 0 Å². The van der Waals surface area contributed by atoms with Crippen molar-refractivity contribution in [3.63, 3.8) is 0 Å². The Morgan fingerprint density at radius 3 is 2.45 bits per heavy atom. The summed E-state index contributed by atoms with van der Waals surface area (Å²) in [6.07, 6.45) is -4.54. The van der Waals surface area contributed by atoms with Gasteiger partial charge in [0.05, 0.1) is 11.3 Å². The Kier molecular flexibility index (Phi) is 5.95. The number of nitrogens with one attached hydrogen (secondary N) is 2. The summed E-state index contributed by atoms with van der Waals surface area (Å²) in [7, 11) is -3.53. The van der Waals surface area contributed by atoms with E-state index in [9.17, 15) is 26.4 Å². The van der Waals surface area contributed by atoms with Crippen molar-refractivity contribution in [3.8, 4) is 0 Å². The fourth-order valence-electron chi connectivity index (χ4n) is 1.66. The number of hydrogen-bond acceptors (Lipinski definition) is 3. The van der Waals surface area contributed by atoms with E-state index in [1.165, 1.54) is 6.07 Å². The van der Waals surface area contributed by atoms with Crippen molar-refractivity contribution in [3.05, 3.63) is 35.4 Å². The Bertz CT molecular complexity index is 628. The molecule has 0 spiro atoms. The molecular weight excluding hydrogens is 321 g/mol. The second kappa shape index (κ2) is 7.10. The lowest BCUT2D eigenvalue weighted by Gasteiger charge is -2.11. The van der Waals surface area contributed by atoms with Crippen molar-refractivity contribution in [2.45, 2.75) is 26.1 Å². The molecule has 0 atom stereocenters. The van der Waals surface area contributed by atoms with Crippen LogP contribution in [0.1, 0.15) is 29.8 Å². The number of sulfonamides is 1. The van der Waals surface area contributed by atoms with Gasteiger partial charge in [-0.3, -0.25) is 4.79 Å². The largest absolute Gasteiger partial charge is 0.416 e. The van der Waals surface area contributed by atoms with Gasteiger partial charge in [0.25, 0.3) is 5.91 Å². The highest BCUT2D eigenvalue weighted by molar-refractivity contribution is 7.89. The molecule has 22 heavy (non-hydrogen) atoms. The Hall–Kier alpha value is -1.61. The summed E-state index contributed by atoms with van der Waals surface area (Å²) < 4.78 is 63.0. The van der Waals surface area contributed by atoms with Crippen LogP contribution in [0.2, 0.25) is 0 Å². The summed E-state index contributed by atoms with van der Waals surface area (Å²) in [4.78, 5) is 11.7. The topological polar surface area (TPSA) is 75.3 Å². The maximum atomic E-state index is 12.5. The number of benzene rings is 1. The molecule has 0 aliphatic heterocycles. The molecule has 9 heteroatoms. The van der Waals surface area contributed by atoms with E-state index in [1.807, 2.05) is 0 Å². The molecule has 0 radical (unpaired) electrons. The minimum atomic E-state index is -4.54. The second-order valence-electron chi connectivity index (χ2n) is 4.93. The number of rotatable bonds is 6. The summed E-state index contributed by atoms with van der Waals surface area (Å²) in [5.74, 6) is -1.11. The third-order valence-corrected chi connectivity index (χ3v) is 4.10. The van der Waals surface area contributed by atoms with E-state index in [-0.39, 0.29) is 23.9 Å². The first-order chi connectivity index (χ1) is 10.0. The molecule has 0 saturated heterocycles. The fourth-order valence-corrected chi connectivity index (χ4v) is 2.86. The molecule has 5 nitrogen and oxygen atoms in total. The normalized spacial score (nSPS) is 12.5. The monoisotopic (exact) mass is 338 g/mol. The molecule has 0 saturated carbocycles. The molecule has 0 heterocycles. The van der Waals surface area contributed by atoms with E-state index in [0.717, 1.165) is 18.2 Å². The summed E-state index contributed by atoms with van der Waals surface area (Å²) in [5.41, 5.74) is -1.11. The van der Waals surface area contributed by atoms with Crippen LogP contribution < -0.4 is 10.0 Å². The molecule has 1 aromatic rings. The van der Waals surface area contributed by atoms with Gasteiger partial charge in [0.2, 0.25) is 10.0 Å². The SMILES string of the molecule is CC(C)NS(=O)(=O)CCNC(=O)c1cccc(C(F)(F)F)c1. The second-order valence-corrected chi connectivity index (χ2v) is 6.80. The molecule has 0 bridgehead atoms. The highest BCUT2D eigenvalue weighted by Gasteiger charge is 2.30. The smallest absolute Gasteiger partial charge is 0.351 e. The van der Waals surface area contributed by atoms with Crippen LogP contribution in [0.25, 0.3) is 0 Å². The third-order valence-electron chi connectivity index (χ3n) is 2.52. The maximum Gasteiger partial charge on any atom is 0.416 e. The maximum absolute atomic E-state index is 12.5. The van der Waals surface area contributed by atoms with Gasteiger partial charge in [-0.2, -0.15) is 13.2 Å². The van der Waals surface area contributed by atoms with Crippen LogP contribution in [0.5, 0.6) is 0 Å². The standard InChI is InChI=1S/C13H17F3N2O3S/c1-9(2)18-22(20,21)7-6-17-12(19)10-4-3-5-11(8-10)13(14,15)16/h3-5,8-9,18H,6-7H2,1-2H3,(H,17,19). The Balaban J connectivity index is 2.64. The average Bonchev–Trinajstić information content (AvgIpc) is 2.36. The van der Waals surface area contributed by atoms with E-state index in [0.29, 0.717) is 0 Å². The third kappa shape index (κ3) is 6.02. The number of carbonyl (C=O) groups excluding carboxylic acids is 1. The van der Waals surface area contributed by atoms with Crippen LogP contribution in [-0.2, 0) is 16.2 Å². The Morgan fingerprint density at radius 2 is 1.91 bits per heavy atom. The molecule has 0 fully saturated rings. The first-order valence-electron chi connectivity index (χ1n) is 6.47. The first kappa shape index (κ1) is 18.4. The number of hydrogen-bond donors (Lipinski definition) is 2. The molecular formula is C13H17F3N2O3S. The average molecular weight is 338 g/mol. The number of carbonyl (C=O) groups is 1. The lowest BCUT2D eigenvalue weighted by atomic mass is 10.1. The van der Waals surface area contributed by atoms with Gasteiger partial charge in [-0.1, -0.05) is 6.07 Å². The van der Waals surface area contributed by atoms with E-state index >= 15 is 0 Å². The van der Waals surface area contributed by atoms with Gasteiger partial charge in [-0.05, 0) is 32.0 Å². The zero-order valence-corrected chi connectivity index (χ0v) is 12.9. The first-order valence-corrected chi connectivity index (χ1v) is 8.12. The molecule has 0 unspecified atom stereocenters. The van der Waals surface area contributed by atoms with Gasteiger partial charge >= 0.3 is 6.18 Å².